The first-order valence-corrected chi connectivity index (χ1v) is 9.56. The number of carbonyl (C=O) groups is 2. The van der Waals surface area contributed by atoms with Gasteiger partial charge in [-0.25, -0.2) is 0 Å². The van der Waals surface area contributed by atoms with Crippen LogP contribution in [0.3, 0.4) is 0 Å². The lowest BCUT2D eigenvalue weighted by atomic mass is 10.0. The van der Waals surface area contributed by atoms with Gasteiger partial charge in [0.2, 0.25) is 0 Å². The molecule has 2 aromatic carbocycles. The lowest BCUT2D eigenvalue weighted by molar-refractivity contribution is -0.141. The second-order valence-corrected chi connectivity index (χ2v) is 7.05. The first kappa shape index (κ1) is 21.2. The average Bonchev–Trinajstić information content (AvgIpc) is 3.05. The number of carbonyl (C=O) groups excluding carboxylic acids is 2. The minimum absolute atomic E-state index is 0.0323. The summed E-state index contributed by atoms with van der Waals surface area (Å²) in [5.74, 6) is 0.395. The van der Waals surface area contributed by atoms with E-state index in [1.165, 1.54) is 14.2 Å². The molecule has 0 aliphatic carbocycles. The van der Waals surface area contributed by atoms with E-state index in [1.54, 1.807) is 31.4 Å². The highest BCUT2D eigenvalue weighted by molar-refractivity contribution is 5.99. The van der Waals surface area contributed by atoms with Crippen LogP contribution in [0.4, 0.5) is 0 Å². The first-order chi connectivity index (χ1) is 14.4. The van der Waals surface area contributed by atoms with Crippen LogP contribution in [-0.2, 0) is 9.53 Å². The van der Waals surface area contributed by atoms with Crippen molar-refractivity contribution in [3.8, 4) is 11.5 Å². The van der Waals surface area contributed by atoms with Gasteiger partial charge in [-0.3, -0.25) is 9.59 Å². The molecular formula is C23H26N2O5. The number of aryl methyl sites for hydroxylation is 2. The van der Waals surface area contributed by atoms with E-state index in [4.69, 9.17) is 14.2 Å². The van der Waals surface area contributed by atoms with Crippen LogP contribution in [0.15, 0.2) is 36.4 Å². The summed E-state index contributed by atoms with van der Waals surface area (Å²) in [6, 6.07) is 10.1. The molecule has 0 spiro atoms. The van der Waals surface area contributed by atoms with Crippen LogP contribution >= 0.6 is 0 Å². The van der Waals surface area contributed by atoms with Crippen LogP contribution in [0.25, 0.3) is 10.9 Å². The SMILES string of the molecule is COC(=O)C[C@H](NC(=O)c1ccc2[nH]c(C)c(C)c2c1)c1ccc(OC)cc1OC. The fourth-order valence-electron chi connectivity index (χ4n) is 3.44. The Kier molecular flexibility index (Phi) is 6.30. The zero-order chi connectivity index (χ0) is 21.8. The maximum absolute atomic E-state index is 13.0. The molecule has 0 bridgehead atoms. The fraction of sp³-hybridized carbons (Fsp3) is 0.304. The minimum Gasteiger partial charge on any atom is -0.497 e. The molecule has 0 fully saturated rings. The van der Waals surface area contributed by atoms with E-state index in [0.29, 0.717) is 22.6 Å². The van der Waals surface area contributed by atoms with Crippen molar-refractivity contribution >= 4 is 22.8 Å². The van der Waals surface area contributed by atoms with Crippen molar-refractivity contribution in [1.29, 1.82) is 0 Å². The number of aromatic amines is 1. The number of amides is 1. The molecule has 1 aromatic heterocycles. The molecule has 158 valence electrons. The number of ether oxygens (including phenoxy) is 3. The van der Waals surface area contributed by atoms with Crippen LogP contribution in [-0.4, -0.2) is 38.2 Å². The van der Waals surface area contributed by atoms with Gasteiger partial charge in [-0.2, -0.15) is 0 Å². The number of aromatic nitrogens is 1. The van der Waals surface area contributed by atoms with Crippen molar-refractivity contribution in [1.82, 2.24) is 10.3 Å². The third kappa shape index (κ3) is 4.25. The molecule has 0 unspecified atom stereocenters. The van der Waals surface area contributed by atoms with E-state index in [2.05, 4.69) is 10.3 Å². The predicted molar refractivity (Wildman–Crippen MR) is 114 cm³/mol. The van der Waals surface area contributed by atoms with Gasteiger partial charge in [-0.05, 0) is 49.7 Å². The van der Waals surface area contributed by atoms with Crippen molar-refractivity contribution in [2.75, 3.05) is 21.3 Å². The monoisotopic (exact) mass is 410 g/mol. The first-order valence-electron chi connectivity index (χ1n) is 9.56. The molecule has 0 saturated carbocycles. The van der Waals surface area contributed by atoms with Gasteiger partial charge in [0.25, 0.3) is 5.91 Å². The van der Waals surface area contributed by atoms with E-state index in [9.17, 15) is 9.59 Å². The van der Waals surface area contributed by atoms with Gasteiger partial charge in [0, 0.05) is 33.8 Å². The summed E-state index contributed by atoms with van der Waals surface area (Å²) in [6.45, 7) is 4.01. The Morgan fingerprint density at radius 2 is 1.80 bits per heavy atom. The van der Waals surface area contributed by atoms with Gasteiger partial charge in [0.1, 0.15) is 11.5 Å². The largest absolute Gasteiger partial charge is 0.497 e. The third-order valence-corrected chi connectivity index (χ3v) is 5.29. The van der Waals surface area contributed by atoms with Crippen LogP contribution < -0.4 is 14.8 Å². The van der Waals surface area contributed by atoms with Crippen LogP contribution in [0.2, 0.25) is 0 Å². The van der Waals surface area contributed by atoms with Gasteiger partial charge in [0.05, 0.1) is 33.8 Å². The van der Waals surface area contributed by atoms with Crippen LogP contribution in [0.5, 0.6) is 11.5 Å². The molecule has 1 heterocycles. The fourth-order valence-corrected chi connectivity index (χ4v) is 3.44. The predicted octanol–water partition coefficient (Wildman–Crippen LogP) is 3.84. The minimum atomic E-state index is -0.629. The zero-order valence-corrected chi connectivity index (χ0v) is 17.8. The van der Waals surface area contributed by atoms with E-state index >= 15 is 0 Å². The number of nitrogens with one attached hydrogen (secondary N) is 2. The number of hydrogen-bond donors (Lipinski definition) is 2. The molecule has 0 aliphatic heterocycles. The molecule has 0 aliphatic rings. The summed E-state index contributed by atoms with van der Waals surface area (Å²) in [7, 11) is 4.40. The number of hydrogen-bond acceptors (Lipinski definition) is 5. The van der Waals surface area contributed by atoms with Gasteiger partial charge < -0.3 is 24.5 Å². The highest BCUT2D eigenvalue weighted by Gasteiger charge is 2.23. The lowest BCUT2D eigenvalue weighted by Crippen LogP contribution is -2.30. The summed E-state index contributed by atoms with van der Waals surface area (Å²) in [5, 5.41) is 3.94. The van der Waals surface area contributed by atoms with Gasteiger partial charge in [0.15, 0.2) is 0 Å². The Morgan fingerprint density at radius 1 is 1.03 bits per heavy atom. The lowest BCUT2D eigenvalue weighted by Gasteiger charge is -2.21. The molecule has 30 heavy (non-hydrogen) atoms. The molecular weight excluding hydrogens is 384 g/mol. The summed E-state index contributed by atoms with van der Waals surface area (Å²) >= 11 is 0. The molecule has 7 heteroatoms. The van der Waals surface area contributed by atoms with Crippen molar-refractivity contribution in [3.63, 3.8) is 0 Å². The van der Waals surface area contributed by atoms with Crippen molar-refractivity contribution in [3.05, 3.63) is 58.8 Å². The summed E-state index contributed by atoms with van der Waals surface area (Å²) in [5.41, 5.74) is 4.31. The molecule has 1 atom stereocenters. The number of rotatable bonds is 7. The summed E-state index contributed by atoms with van der Waals surface area (Å²) in [6.07, 6.45) is -0.0323. The Morgan fingerprint density at radius 3 is 2.47 bits per heavy atom. The number of benzene rings is 2. The summed E-state index contributed by atoms with van der Waals surface area (Å²) < 4.78 is 15.5. The highest BCUT2D eigenvalue weighted by Crippen LogP contribution is 2.32. The van der Waals surface area contributed by atoms with E-state index < -0.39 is 12.0 Å². The third-order valence-electron chi connectivity index (χ3n) is 5.29. The number of fused-ring (bicyclic) bond motifs is 1. The smallest absolute Gasteiger partial charge is 0.307 e. The molecule has 7 nitrogen and oxygen atoms in total. The van der Waals surface area contributed by atoms with Gasteiger partial charge in [-0.15, -0.1) is 0 Å². The van der Waals surface area contributed by atoms with Crippen molar-refractivity contribution in [2.24, 2.45) is 0 Å². The normalized spacial score (nSPS) is 11.8. The Labute approximate surface area is 175 Å². The molecule has 3 rings (SSSR count). The number of H-pyrrole nitrogens is 1. The maximum Gasteiger partial charge on any atom is 0.307 e. The Bertz CT molecular complexity index is 1090. The highest BCUT2D eigenvalue weighted by atomic mass is 16.5. The molecule has 0 radical (unpaired) electrons. The Balaban J connectivity index is 1.94. The van der Waals surface area contributed by atoms with Crippen LogP contribution in [0, 0.1) is 13.8 Å². The molecule has 2 N–H and O–H groups in total. The second-order valence-electron chi connectivity index (χ2n) is 7.05. The molecule has 1 amide bonds. The molecule has 3 aromatic rings. The molecule has 0 saturated heterocycles. The van der Waals surface area contributed by atoms with Gasteiger partial charge >= 0.3 is 5.97 Å². The average molecular weight is 410 g/mol. The van der Waals surface area contributed by atoms with Crippen molar-refractivity contribution in [2.45, 2.75) is 26.3 Å². The Hall–Kier alpha value is -3.48. The maximum atomic E-state index is 13.0. The van der Waals surface area contributed by atoms with E-state index in [0.717, 1.165) is 22.2 Å². The van der Waals surface area contributed by atoms with Crippen molar-refractivity contribution < 1.29 is 23.8 Å². The van der Waals surface area contributed by atoms with Gasteiger partial charge in [-0.1, -0.05) is 0 Å². The van der Waals surface area contributed by atoms with Crippen LogP contribution in [0.1, 0.15) is 39.6 Å². The zero-order valence-electron chi connectivity index (χ0n) is 17.8. The second kappa shape index (κ2) is 8.90. The van der Waals surface area contributed by atoms with E-state index in [-0.39, 0.29) is 12.3 Å². The summed E-state index contributed by atoms with van der Waals surface area (Å²) in [4.78, 5) is 28.4. The number of esters is 1. The number of methoxy groups -OCH3 is 3. The standard InChI is InChI=1S/C23H26N2O5/c1-13-14(2)24-19-9-6-15(10-18(13)19)23(27)25-20(12-22(26)30-5)17-8-7-16(28-3)11-21(17)29-4/h6-11,20,24H,12H2,1-5H3,(H,25,27)/t20-/m0/s1. The quantitative estimate of drug-likeness (QED) is 0.578. The topological polar surface area (TPSA) is 89.7 Å². The van der Waals surface area contributed by atoms with E-state index in [1.807, 2.05) is 26.0 Å².